The minimum absolute atomic E-state index is 0.0202. The summed E-state index contributed by atoms with van der Waals surface area (Å²) in [6.45, 7) is 3.97. The van der Waals surface area contributed by atoms with E-state index in [9.17, 15) is 4.79 Å². The molecule has 0 atom stereocenters. The van der Waals surface area contributed by atoms with E-state index in [1.54, 1.807) is 0 Å². The summed E-state index contributed by atoms with van der Waals surface area (Å²) >= 11 is 0. The predicted molar refractivity (Wildman–Crippen MR) is 107 cm³/mol. The van der Waals surface area contributed by atoms with Gasteiger partial charge in [0.2, 0.25) is 11.7 Å². The van der Waals surface area contributed by atoms with Gasteiger partial charge in [-0.3, -0.25) is 0 Å². The highest BCUT2D eigenvalue weighted by Gasteiger charge is 2.27. The van der Waals surface area contributed by atoms with Crippen LogP contribution in [0.25, 0.3) is 11.4 Å². The van der Waals surface area contributed by atoms with Crippen LogP contribution in [-0.2, 0) is 6.54 Å². The smallest absolute Gasteiger partial charge is 0.317 e. The number of nitrogens with one attached hydrogen (secondary N) is 1. The van der Waals surface area contributed by atoms with E-state index in [-0.39, 0.29) is 11.9 Å². The molecular weight excluding hydrogens is 352 g/mol. The molecule has 4 rings (SSSR count). The van der Waals surface area contributed by atoms with Gasteiger partial charge in [0.1, 0.15) is 0 Å². The summed E-state index contributed by atoms with van der Waals surface area (Å²) in [6, 6.07) is 18.0. The van der Waals surface area contributed by atoms with E-state index in [0.29, 0.717) is 31.3 Å². The second kappa shape index (κ2) is 8.25. The molecule has 1 N–H and O–H groups in total. The van der Waals surface area contributed by atoms with E-state index in [2.05, 4.69) is 22.4 Å². The Morgan fingerprint density at radius 2 is 1.82 bits per heavy atom. The molecule has 1 aliphatic rings. The SMILES string of the molecule is Cc1ccc(-c2noc(C3CCN(C(=O)NCc4ccccc4)CC3)n2)cc1. The number of carbonyl (C=O) groups excluding carboxylic acids is 1. The van der Waals surface area contributed by atoms with Gasteiger partial charge in [0.05, 0.1) is 0 Å². The van der Waals surface area contributed by atoms with Gasteiger partial charge < -0.3 is 14.7 Å². The Morgan fingerprint density at radius 3 is 2.54 bits per heavy atom. The Kier molecular flexibility index (Phi) is 5.37. The molecule has 0 saturated carbocycles. The van der Waals surface area contributed by atoms with Crippen LogP contribution >= 0.6 is 0 Å². The summed E-state index contributed by atoms with van der Waals surface area (Å²) in [5.74, 6) is 1.49. The molecule has 6 nitrogen and oxygen atoms in total. The van der Waals surface area contributed by atoms with Crippen molar-refractivity contribution in [2.75, 3.05) is 13.1 Å². The fourth-order valence-corrected chi connectivity index (χ4v) is 3.44. The molecule has 6 heteroatoms. The fraction of sp³-hybridized carbons (Fsp3) is 0.318. The van der Waals surface area contributed by atoms with Gasteiger partial charge in [0.25, 0.3) is 0 Å². The Bertz CT molecular complexity index is 913. The molecule has 0 unspecified atom stereocenters. The van der Waals surface area contributed by atoms with E-state index in [4.69, 9.17) is 4.52 Å². The largest absolute Gasteiger partial charge is 0.339 e. The number of likely N-dealkylation sites (tertiary alicyclic amines) is 1. The van der Waals surface area contributed by atoms with Crippen LogP contribution in [-0.4, -0.2) is 34.2 Å². The minimum atomic E-state index is -0.0202. The van der Waals surface area contributed by atoms with Crippen LogP contribution in [0.3, 0.4) is 0 Å². The number of benzene rings is 2. The van der Waals surface area contributed by atoms with Gasteiger partial charge >= 0.3 is 6.03 Å². The van der Waals surface area contributed by atoms with E-state index in [0.717, 1.165) is 24.0 Å². The quantitative estimate of drug-likeness (QED) is 0.743. The number of amides is 2. The summed E-state index contributed by atoms with van der Waals surface area (Å²) in [5, 5.41) is 7.12. The maximum Gasteiger partial charge on any atom is 0.317 e. The average molecular weight is 376 g/mol. The van der Waals surface area contributed by atoms with Gasteiger partial charge in [0, 0.05) is 31.1 Å². The molecule has 2 amide bonds. The molecule has 0 aliphatic carbocycles. The molecule has 0 spiro atoms. The van der Waals surface area contributed by atoms with Crippen LogP contribution in [0.15, 0.2) is 59.1 Å². The molecule has 28 heavy (non-hydrogen) atoms. The van der Waals surface area contributed by atoms with E-state index in [1.165, 1.54) is 5.56 Å². The third-order valence-corrected chi connectivity index (χ3v) is 5.17. The van der Waals surface area contributed by atoms with Crippen molar-refractivity contribution in [3.8, 4) is 11.4 Å². The molecule has 144 valence electrons. The molecule has 3 aromatic rings. The minimum Gasteiger partial charge on any atom is -0.339 e. The Balaban J connectivity index is 1.30. The normalized spacial score (nSPS) is 14.8. The lowest BCUT2D eigenvalue weighted by molar-refractivity contribution is 0.175. The number of nitrogens with zero attached hydrogens (tertiary/aromatic N) is 3. The van der Waals surface area contributed by atoms with E-state index < -0.39 is 0 Å². The number of aromatic nitrogens is 2. The average Bonchev–Trinajstić information content (AvgIpc) is 3.24. The van der Waals surface area contributed by atoms with Crippen molar-refractivity contribution in [1.82, 2.24) is 20.4 Å². The van der Waals surface area contributed by atoms with Crippen LogP contribution in [0.1, 0.15) is 35.8 Å². The third-order valence-electron chi connectivity index (χ3n) is 5.17. The molecule has 1 aliphatic heterocycles. The van der Waals surface area contributed by atoms with Crippen molar-refractivity contribution >= 4 is 6.03 Å². The zero-order valence-corrected chi connectivity index (χ0v) is 16.0. The number of urea groups is 1. The summed E-state index contributed by atoms with van der Waals surface area (Å²) < 4.78 is 5.51. The maximum absolute atomic E-state index is 12.4. The van der Waals surface area contributed by atoms with Crippen molar-refractivity contribution in [2.45, 2.75) is 32.2 Å². The van der Waals surface area contributed by atoms with Crippen LogP contribution in [0.4, 0.5) is 4.79 Å². The van der Waals surface area contributed by atoms with Gasteiger partial charge in [-0.25, -0.2) is 4.79 Å². The van der Waals surface area contributed by atoms with Crippen molar-refractivity contribution in [1.29, 1.82) is 0 Å². The Morgan fingerprint density at radius 1 is 1.11 bits per heavy atom. The monoisotopic (exact) mass is 376 g/mol. The molecule has 2 heterocycles. The lowest BCUT2D eigenvalue weighted by Gasteiger charge is -2.30. The summed E-state index contributed by atoms with van der Waals surface area (Å²) in [5.41, 5.74) is 3.25. The molecule has 0 radical (unpaired) electrons. The molecule has 2 aromatic carbocycles. The Labute approximate surface area is 164 Å². The number of hydrogen-bond acceptors (Lipinski definition) is 4. The lowest BCUT2D eigenvalue weighted by Crippen LogP contribution is -2.43. The first-order chi connectivity index (χ1) is 13.7. The van der Waals surface area contributed by atoms with Crippen molar-refractivity contribution in [2.24, 2.45) is 0 Å². The standard InChI is InChI=1S/C22H24N4O2/c1-16-7-9-18(10-8-16)20-24-21(28-25-20)19-11-13-26(14-12-19)22(27)23-15-17-5-3-2-4-6-17/h2-10,19H,11-15H2,1H3,(H,23,27). The van der Waals surface area contributed by atoms with Crippen LogP contribution in [0, 0.1) is 6.92 Å². The van der Waals surface area contributed by atoms with Crippen molar-refractivity contribution in [3.63, 3.8) is 0 Å². The number of rotatable bonds is 4. The third kappa shape index (κ3) is 4.22. The number of hydrogen-bond donors (Lipinski definition) is 1. The molecule has 1 saturated heterocycles. The fourth-order valence-electron chi connectivity index (χ4n) is 3.44. The van der Waals surface area contributed by atoms with Gasteiger partial charge in [-0.1, -0.05) is 65.3 Å². The van der Waals surface area contributed by atoms with Crippen LogP contribution < -0.4 is 5.32 Å². The molecule has 0 bridgehead atoms. The van der Waals surface area contributed by atoms with Crippen molar-refractivity contribution < 1.29 is 9.32 Å². The second-order valence-electron chi connectivity index (χ2n) is 7.23. The Hall–Kier alpha value is -3.15. The van der Waals surface area contributed by atoms with Crippen molar-refractivity contribution in [3.05, 3.63) is 71.6 Å². The first-order valence-corrected chi connectivity index (χ1v) is 9.66. The predicted octanol–water partition coefficient (Wildman–Crippen LogP) is 4.13. The first kappa shape index (κ1) is 18.2. The molecule has 1 fully saturated rings. The number of piperidine rings is 1. The highest BCUT2D eigenvalue weighted by Crippen LogP contribution is 2.28. The zero-order chi connectivity index (χ0) is 19.3. The summed E-state index contributed by atoms with van der Waals surface area (Å²) in [4.78, 5) is 18.8. The topological polar surface area (TPSA) is 71.3 Å². The molecular formula is C22H24N4O2. The van der Waals surface area contributed by atoms with Crippen LogP contribution in [0.5, 0.6) is 0 Å². The highest BCUT2D eigenvalue weighted by atomic mass is 16.5. The van der Waals surface area contributed by atoms with Crippen LogP contribution in [0.2, 0.25) is 0 Å². The van der Waals surface area contributed by atoms with Gasteiger partial charge in [0.15, 0.2) is 0 Å². The summed E-state index contributed by atoms with van der Waals surface area (Å²) in [6.07, 6.45) is 1.66. The molecule has 1 aromatic heterocycles. The first-order valence-electron chi connectivity index (χ1n) is 9.66. The summed E-state index contributed by atoms with van der Waals surface area (Å²) in [7, 11) is 0. The van der Waals surface area contributed by atoms with Gasteiger partial charge in [-0.05, 0) is 25.3 Å². The van der Waals surface area contributed by atoms with Gasteiger partial charge in [-0.2, -0.15) is 4.98 Å². The van der Waals surface area contributed by atoms with E-state index >= 15 is 0 Å². The number of carbonyl (C=O) groups is 1. The number of aryl methyl sites for hydroxylation is 1. The maximum atomic E-state index is 12.4. The lowest BCUT2D eigenvalue weighted by atomic mass is 9.97. The highest BCUT2D eigenvalue weighted by molar-refractivity contribution is 5.74. The zero-order valence-electron chi connectivity index (χ0n) is 16.0. The van der Waals surface area contributed by atoms with E-state index in [1.807, 2.05) is 59.5 Å². The van der Waals surface area contributed by atoms with Gasteiger partial charge in [-0.15, -0.1) is 0 Å². The second-order valence-corrected chi connectivity index (χ2v) is 7.23.